The molecule has 0 unspecified atom stereocenters. The molecule has 9 heteroatoms. The predicted molar refractivity (Wildman–Crippen MR) is 89.0 cm³/mol. The first-order chi connectivity index (χ1) is 11.5. The van der Waals surface area contributed by atoms with E-state index in [1.54, 1.807) is 36.4 Å². The van der Waals surface area contributed by atoms with Crippen LogP contribution in [0.25, 0.3) is 0 Å². The molecule has 0 aliphatic carbocycles. The van der Waals surface area contributed by atoms with Crippen molar-refractivity contribution < 1.29 is 22.7 Å². The van der Waals surface area contributed by atoms with Gasteiger partial charge in [0.1, 0.15) is 6.61 Å². The van der Waals surface area contributed by atoms with Crippen molar-refractivity contribution in [3.8, 4) is 11.5 Å². The summed E-state index contributed by atoms with van der Waals surface area (Å²) in [6, 6.07) is 12.9. The van der Waals surface area contributed by atoms with Crippen molar-refractivity contribution >= 4 is 31.9 Å². The number of nitrogens with one attached hydrogen (secondary N) is 2. The number of sulfonamides is 1. The van der Waals surface area contributed by atoms with Crippen LogP contribution in [0.3, 0.4) is 0 Å². The molecule has 7 nitrogen and oxygen atoms in total. The minimum absolute atomic E-state index is 0.0111. The Hall–Kier alpha value is -2.10. The van der Waals surface area contributed by atoms with Crippen molar-refractivity contribution in [2.45, 2.75) is 11.0 Å². The van der Waals surface area contributed by atoms with Gasteiger partial charge in [-0.2, -0.15) is 0 Å². The first kappa shape index (κ1) is 16.7. The zero-order chi connectivity index (χ0) is 17.2. The van der Waals surface area contributed by atoms with E-state index < -0.39 is 22.0 Å². The molecule has 1 heterocycles. The van der Waals surface area contributed by atoms with Gasteiger partial charge >= 0.3 is 0 Å². The molecule has 24 heavy (non-hydrogen) atoms. The molecule has 1 aliphatic rings. The number of fused-ring (bicyclic) bond motifs is 1. The van der Waals surface area contributed by atoms with E-state index in [0.29, 0.717) is 11.5 Å². The van der Waals surface area contributed by atoms with Gasteiger partial charge in [-0.05, 0) is 36.4 Å². The number of hydrogen-bond donors (Lipinski definition) is 2. The highest BCUT2D eigenvalue weighted by Crippen LogP contribution is 2.30. The van der Waals surface area contributed by atoms with E-state index in [2.05, 4.69) is 21.4 Å². The first-order valence-corrected chi connectivity index (χ1v) is 9.19. The quantitative estimate of drug-likeness (QED) is 0.743. The molecule has 1 amide bonds. The number of hydrogen-bond acceptors (Lipinski definition) is 5. The number of carbonyl (C=O) groups is 1. The van der Waals surface area contributed by atoms with Gasteiger partial charge in [-0.3, -0.25) is 10.2 Å². The third-order valence-corrected chi connectivity index (χ3v) is 5.03. The molecular weight excluding hydrogens is 400 g/mol. The monoisotopic (exact) mass is 412 g/mol. The Bertz CT molecular complexity index is 854. The number of ether oxygens (including phenoxy) is 2. The molecule has 0 spiro atoms. The molecule has 1 atom stereocenters. The number of para-hydroxylation sites is 2. The maximum atomic E-state index is 12.1. The standard InChI is InChI=1S/C15H13BrN2O5S/c16-10-5-7-11(8-6-10)24(20,21)18-17-15(19)14-9-22-12-3-1-2-4-13(12)23-14/h1-8,14,18H,9H2,(H,17,19)/t14-/m1/s1. The van der Waals surface area contributed by atoms with Crippen molar-refractivity contribution in [1.29, 1.82) is 0 Å². The third-order valence-electron chi connectivity index (χ3n) is 3.23. The van der Waals surface area contributed by atoms with Crippen LogP contribution < -0.4 is 19.7 Å². The third kappa shape index (κ3) is 3.69. The molecule has 2 N–H and O–H groups in total. The number of amides is 1. The van der Waals surface area contributed by atoms with Gasteiger partial charge in [-0.25, -0.2) is 8.42 Å². The zero-order valence-electron chi connectivity index (χ0n) is 12.2. The molecular formula is C15H13BrN2O5S. The maximum Gasteiger partial charge on any atom is 0.279 e. The van der Waals surface area contributed by atoms with Crippen molar-refractivity contribution in [2.75, 3.05) is 6.61 Å². The average Bonchev–Trinajstić information content (AvgIpc) is 2.59. The lowest BCUT2D eigenvalue weighted by Crippen LogP contribution is -2.50. The van der Waals surface area contributed by atoms with Crippen LogP contribution in [-0.4, -0.2) is 27.0 Å². The highest BCUT2D eigenvalue weighted by molar-refractivity contribution is 9.10. The van der Waals surface area contributed by atoms with E-state index in [1.165, 1.54) is 12.1 Å². The van der Waals surface area contributed by atoms with Crippen molar-refractivity contribution in [1.82, 2.24) is 10.3 Å². The Kier molecular flexibility index (Phi) is 4.74. The molecule has 2 aromatic rings. The summed E-state index contributed by atoms with van der Waals surface area (Å²) in [5.41, 5.74) is 2.14. The van der Waals surface area contributed by atoms with Crippen LogP contribution in [0.15, 0.2) is 57.9 Å². The van der Waals surface area contributed by atoms with Crippen LogP contribution >= 0.6 is 15.9 Å². The fraction of sp³-hybridized carbons (Fsp3) is 0.133. The molecule has 3 rings (SSSR count). The normalized spacial score (nSPS) is 16.5. The second kappa shape index (κ2) is 6.80. The number of rotatable bonds is 4. The molecule has 0 radical (unpaired) electrons. The predicted octanol–water partition coefficient (Wildman–Crippen LogP) is 1.60. The van der Waals surface area contributed by atoms with Crippen molar-refractivity contribution in [2.24, 2.45) is 0 Å². The minimum Gasteiger partial charge on any atom is -0.485 e. The van der Waals surface area contributed by atoms with Gasteiger partial charge in [0, 0.05) is 4.47 Å². The topological polar surface area (TPSA) is 93.7 Å². The number of benzene rings is 2. The van der Waals surface area contributed by atoms with Gasteiger partial charge in [0.2, 0.25) is 6.10 Å². The van der Waals surface area contributed by atoms with Crippen molar-refractivity contribution in [3.63, 3.8) is 0 Å². The fourth-order valence-corrected chi connectivity index (χ4v) is 3.13. The van der Waals surface area contributed by atoms with Crippen LogP contribution in [0.1, 0.15) is 0 Å². The maximum absolute atomic E-state index is 12.1. The summed E-state index contributed by atoms with van der Waals surface area (Å²) in [4.78, 5) is 14.2. The van der Waals surface area contributed by atoms with Crippen LogP contribution in [0, 0.1) is 0 Å². The summed E-state index contributed by atoms with van der Waals surface area (Å²) in [6.45, 7) is -0.0111. The van der Waals surface area contributed by atoms with Crippen LogP contribution in [0.5, 0.6) is 11.5 Å². The van der Waals surface area contributed by atoms with E-state index >= 15 is 0 Å². The van der Waals surface area contributed by atoms with Gasteiger partial charge in [-0.1, -0.05) is 28.1 Å². The molecule has 0 fully saturated rings. The Labute approximate surface area is 147 Å². The van der Waals surface area contributed by atoms with E-state index in [4.69, 9.17) is 9.47 Å². The van der Waals surface area contributed by atoms with Crippen molar-refractivity contribution in [3.05, 3.63) is 53.0 Å². The summed E-state index contributed by atoms with van der Waals surface area (Å²) in [5.74, 6) is 0.321. The molecule has 0 saturated heterocycles. The first-order valence-electron chi connectivity index (χ1n) is 6.91. The summed E-state index contributed by atoms with van der Waals surface area (Å²) in [7, 11) is -3.87. The zero-order valence-corrected chi connectivity index (χ0v) is 14.6. The van der Waals surface area contributed by atoms with Gasteiger partial charge in [0.25, 0.3) is 15.9 Å². The molecule has 2 aromatic carbocycles. The van der Waals surface area contributed by atoms with Gasteiger partial charge in [0.15, 0.2) is 11.5 Å². The minimum atomic E-state index is -3.87. The Morgan fingerprint density at radius 1 is 1.08 bits per heavy atom. The average molecular weight is 413 g/mol. The smallest absolute Gasteiger partial charge is 0.279 e. The lowest BCUT2D eigenvalue weighted by Gasteiger charge is -2.25. The highest BCUT2D eigenvalue weighted by atomic mass is 79.9. The second-order valence-electron chi connectivity index (χ2n) is 4.91. The Balaban J connectivity index is 1.63. The lowest BCUT2D eigenvalue weighted by molar-refractivity contribution is -0.130. The molecule has 0 aromatic heterocycles. The second-order valence-corrected chi connectivity index (χ2v) is 7.51. The Morgan fingerprint density at radius 3 is 2.46 bits per heavy atom. The SMILES string of the molecule is O=C(NNS(=O)(=O)c1ccc(Br)cc1)[C@H]1COc2ccccc2O1. The lowest BCUT2D eigenvalue weighted by atomic mass is 10.2. The summed E-state index contributed by atoms with van der Waals surface area (Å²) >= 11 is 3.22. The molecule has 126 valence electrons. The van der Waals surface area contributed by atoms with E-state index in [-0.39, 0.29) is 11.5 Å². The number of hydrazine groups is 1. The van der Waals surface area contributed by atoms with E-state index in [0.717, 1.165) is 4.47 Å². The number of carbonyl (C=O) groups excluding carboxylic acids is 1. The Morgan fingerprint density at radius 2 is 1.75 bits per heavy atom. The molecule has 0 saturated carbocycles. The van der Waals surface area contributed by atoms with Gasteiger partial charge in [0.05, 0.1) is 4.90 Å². The van der Waals surface area contributed by atoms with Crippen LogP contribution in [0.4, 0.5) is 0 Å². The molecule has 0 bridgehead atoms. The largest absolute Gasteiger partial charge is 0.485 e. The van der Waals surface area contributed by atoms with Crippen LogP contribution in [-0.2, 0) is 14.8 Å². The van der Waals surface area contributed by atoms with Gasteiger partial charge < -0.3 is 9.47 Å². The molecule has 1 aliphatic heterocycles. The summed E-state index contributed by atoms with van der Waals surface area (Å²) in [6.07, 6.45) is -0.951. The highest BCUT2D eigenvalue weighted by Gasteiger charge is 2.28. The summed E-state index contributed by atoms with van der Waals surface area (Å²) in [5, 5.41) is 0. The van der Waals surface area contributed by atoms with Gasteiger partial charge in [-0.15, -0.1) is 4.83 Å². The van der Waals surface area contributed by atoms with E-state index in [1.807, 2.05) is 4.83 Å². The van der Waals surface area contributed by atoms with E-state index in [9.17, 15) is 13.2 Å². The summed E-state index contributed by atoms with van der Waals surface area (Å²) < 4.78 is 35.9. The van der Waals surface area contributed by atoms with Crippen LogP contribution in [0.2, 0.25) is 0 Å². The number of halogens is 1. The fourth-order valence-electron chi connectivity index (χ4n) is 2.02.